The Kier molecular flexibility index (Phi) is 8.93. The number of hydrogen-bond acceptors (Lipinski definition) is 5. The van der Waals surface area contributed by atoms with E-state index < -0.39 is 0 Å². The molecule has 1 aliphatic heterocycles. The minimum atomic E-state index is -0.361. The number of ether oxygens (including phenoxy) is 1. The fourth-order valence-corrected chi connectivity index (χ4v) is 4.16. The van der Waals surface area contributed by atoms with Crippen LogP contribution in [0, 0.1) is 23.7 Å². The van der Waals surface area contributed by atoms with E-state index in [4.69, 9.17) is 4.74 Å². The van der Waals surface area contributed by atoms with Crippen molar-refractivity contribution in [2.24, 2.45) is 11.8 Å². The number of para-hydroxylation sites is 1. The Morgan fingerprint density at radius 3 is 2.66 bits per heavy atom. The zero-order valence-corrected chi connectivity index (χ0v) is 18.6. The van der Waals surface area contributed by atoms with Gasteiger partial charge in [0.25, 0.3) is 0 Å². The SMILES string of the molecule is CN1CC(=O)NCC(=O)NCC#Cc2ccccc2OCCNCC(C2CCCC2)C1=O. The van der Waals surface area contributed by atoms with Gasteiger partial charge in [0.1, 0.15) is 12.4 Å². The number of benzene rings is 1. The van der Waals surface area contributed by atoms with Gasteiger partial charge in [0.2, 0.25) is 17.7 Å². The van der Waals surface area contributed by atoms with E-state index in [1.54, 1.807) is 7.05 Å². The topological polar surface area (TPSA) is 99.8 Å². The van der Waals surface area contributed by atoms with E-state index in [0.29, 0.717) is 31.4 Å². The summed E-state index contributed by atoms with van der Waals surface area (Å²) in [5.41, 5.74) is 0.744. The van der Waals surface area contributed by atoms with E-state index in [2.05, 4.69) is 27.8 Å². The standard InChI is InChI=1S/C24H32N4O4/c1-28-17-23(30)27-16-22(29)26-12-6-10-19-9-4-5-11-21(19)32-14-13-25-15-20(24(28)31)18-7-2-3-8-18/h4-5,9,11,18,20,25H,2-3,7-8,12-17H2,1H3,(H,26,29)(H,27,30). The number of amides is 3. The maximum Gasteiger partial charge on any atom is 0.240 e. The predicted molar refractivity (Wildman–Crippen MR) is 121 cm³/mol. The number of carbonyl (C=O) groups is 3. The number of carbonyl (C=O) groups excluding carboxylic acids is 3. The van der Waals surface area contributed by atoms with E-state index >= 15 is 0 Å². The third-order valence-electron chi connectivity index (χ3n) is 5.87. The molecule has 0 radical (unpaired) electrons. The van der Waals surface area contributed by atoms with Crippen LogP contribution in [0.3, 0.4) is 0 Å². The van der Waals surface area contributed by atoms with Crippen molar-refractivity contribution < 1.29 is 19.1 Å². The summed E-state index contributed by atoms with van der Waals surface area (Å²) in [6, 6.07) is 7.50. The molecule has 172 valence electrons. The summed E-state index contributed by atoms with van der Waals surface area (Å²) in [7, 11) is 1.64. The highest BCUT2D eigenvalue weighted by molar-refractivity contribution is 5.88. The highest BCUT2D eigenvalue weighted by atomic mass is 16.5. The van der Waals surface area contributed by atoms with E-state index in [0.717, 1.165) is 31.2 Å². The highest BCUT2D eigenvalue weighted by Gasteiger charge is 2.32. The molecule has 1 aromatic rings. The molecule has 1 aliphatic carbocycles. The average molecular weight is 441 g/mol. The van der Waals surface area contributed by atoms with Crippen molar-refractivity contribution in [3.05, 3.63) is 29.8 Å². The minimum absolute atomic E-state index is 0.0402. The van der Waals surface area contributed by atoms with Crippen molar-refractivity contribution in [1.82, 2.24) is 20.9 Å². The van der Waals surface area contributed by atoms with Gasteiger partial charge in [0.05, 0.1) is 31.1 Å². The first-order valence-electron chi connectivity index (χ1n) is 11.2. The smallest absolute Gasteiger partial charge is 0.240 e. The fraction of sp³-hybridized carbons (Fsp3) is 0.542. The second-order valence-electron chi connectivity index (χ2n) is 8.25. The molecule has 3 amide bonds. The first-order chi connectivity index (χ1) is 15.5. The van der Waals surface area contributed by atoms with Crippen molar-refractivity contribution in [2.45, 2.75) is 25.7 Å². The van der Waals surface area contributed by atoms with Gasteiger partial charge in [0, 0.05) is 20.1 Å². The minimum Gasteiger partial charge on any atom is -0.491 e. The Morgan fingerprint density at radius 2 is 1.84 bits per heavy atom. The van der Waals surface area contributed by atoms with Gasteiger partial charge in [-0.2, -0.15) is 0 Å². The average Bonchev–Trinajstić information content (AvgIpc) is 3.32. The summed E-state index contributed by atoms with van der Waals surface area (Å²) in [6.45, 7) is 1.51. The molecule has 0 aromatic heterocycles. The Bertz CT molecular complexity index is 870. The van der Waals surface area contributed by atoms with Gasteiger partial charge in [-0.1, -0.05) is 36.8 Å². The predicted octanol–water partition coefficient (Wildman–Crippen LogP) is 0.517. The molecule has 1 saturated carbocycles. The van der Waals surface area contributed by atoms with Crippen molar-refractivity contribution in [1.29, 1.82) is 0 Å². The molecular formula is C24H32N4O4. The van der Waals surface area contributed by atoms with Gasteiger partial charge < -0.3 is 25.6 Å². The number of nitrogens with one attached hydrogen (secondary N) is 3. The van der Waals surface area contributed by atoms with Crippen LogP contribution in [0.15, 0.2) is 24.3 Å². The Hall–Kier alpha value is -3.05. The Balaban J connectivity index is 1.71. The van der Waals surface area contributed by atoms with Gasteiger partial charge in [-0.3, -0.25) is 14.4 Å². The van der Waals surface area contributed by atoms with Crippen LogP contribution in [0.5, 0.6) is 5.75 Å². The lowest BCUT2D eigenvalue weighted by Crippen LogP contribution is -2.47. The molecule has 1 fully saturated rings. The number of likely N-dealkylation sites (N-methyl/N-ethyl adjacent to an activating group) is 1. The lowest BCUT2D eigenvalue weighted by molar-refractivity contribution is -0.139. The molecule has 1 atom stereocenters. The number of rotatable bonds is 1. The van der Waals surface area contributed by atoms with Crippen molar-refractivity contribution in [3.8, 4) is 17.6 Å². The van der Waals surface area contributed by atoms with Crippen molar-refractivity contribution in [3.63, 3.8) is 0 Å². The molecule has 3 N–H and O–H groups in total. The number of hydrogen-bond donors (Lipinski definition) is 3. The largest absolute Gasteiger partial charge is 0.491 e. The van der Waals surface area contributed by atoms with Gasteiger partial charge in [-0.25, -0.2) is 0 Å². The molecule has 1 heterocycles. The van der Waals surface area contributed by atoms with Crippen LogP contribution in [-0.2, 0) is 14.4 Å². The van der Waals surface area contributed by atoms with Crippen LogP contribution in [-0.4, -0.2) is 69.0 Å². The van der Waals surface area contributed by atoms with E-state index in [-0.39, 0.29) is 43.3 Å². The molecule has 8 heteroatoms. The Morgan fingerprint density at radius 1 is 1.06 bits per heavy atom. The second-order valence-corrected chi connectivity index (χ2v) is 8.25. The Labute approximate surface area is 189 Å². The van der Waals surface area contributed by atoms with Crippen molar-refractivity contribution in [2.75, 3.05) is 46.4 Å². The molecule has 0 saturated heterocycles. The second kappa shape index (κ2) is 12.1. The zero-order valence-electron chi connectivity index (χ0n) is 18.6. The fourth-order valence-electron chi connectivity index (χ4n) is 4.16. The normalized spacial score (nSPS) is 22.2. The molecule has 0 spiro atoms. The van der Waals surface area contributed by atoms with Crippen LogP contribution < -0.4 is 20.7 Å². The molecule has 0 bridgehead atoms. The summed E-state index contributed by atoms with van der Waals surface area (Å²) in [4.78, 5) is 38.8. The van der Waals surface area contributed by atoms with Gasteiger partial charge in [0.15, 0.2) is 0 Å². The number of fused-ring (bicyclic) bond motifs is 1. The van der Waals surface area contributed by atoms with Gasteiger partial charge in [-0.05, 0) is 30.9 Å². The van der Waals surface area contributed by atoms with E-state index in [1.807, 2.05) is 24.3 Å². The summed E-state index contributed by atoms with van der Waals surface area (Å²) >= 11 is 0. The summed E-state index contributed by atoms with van der Waals surface area (Å²) in [5, 5.41) is 8.58. The third kappa shape index (κ3) is 6.99. The maximum atomic E-state index is 13.1. The molecule has 1 unspecified atom stereocenters. The molecule has 8 nitrogen and oxygen atoms in total. The van der Waals surface area contributed by atoms with Crippen LogP contribution >= 0.6 is 0 Å². The van der Waals surface area contributed by atoms with Gasteiger partial charge >= 0.3 is 0 Å². The molecular weight excluding hydrogens is 408 g/mol. The quantitative estimate of drug-likeness (QED) is 0.553. The van der Waals surface area contributed by atoms with Crippen molar-refractivity contribution >= 4 is 17.7 Å². The first kappa shape index (κ1) is 23.6. The van der Waals surface area contributed by atoms with E-state index in [9.17, 15) is 14.4 Å². The monoisotopic (exact) mass is 440 g/mol. The number of nitrogens with zero attached hydrogens (tertiary/aromatic N) is 1. The lowest BCUT2D eigenvalue weighted by atomic mass is 9.89. The van der Waals surface area contributed by atoms with E-state index in [1.165, 1.54) is 4.90 Å². The lowest BCUT2D eigenvalue weighted by Gasteiger charge is -2.28. The molecule has 32 heavy (non-hydrogen) atoms. The maximum absolute atomic E-state index is 13.1. The zero-order chi connectivity index (χ0) is 22.8. The van der Waals surface area contributed by atoms with Crippen LogP contribution in [0.2, 0.25) is 0 Å². The summed E-state index contributed by atoms with van der Waals surface area (Å²) < 4.78 is 5.89. The summed E-state index contributed by atoms with van der Waals surface area (Å²) in [6.07, 6.45) is 4.32. The third-order valence-corrected chi connectivity index (χ3v) is 5.87. The summed E-state index contributed by atoms with van der Waals surface area (Å²) in [5.74, 6) is 6.00. The van der Waals surface area contributed by atoms with Crippen LogP contribution in [0.4, 0.5) is 0 Å². The van der Waals surface area contributed by atoms with Crippen LogP contribution in [0.1, 0.15) is 31.2 Å². The molecule has 3 rings (SSSR count). The van der Waals surface area contributed by atoms with Crippen LogP contribution in [0.25, 0.3) is 0 Å². The molecule has 1 aromatic carbocycles. The van der Waals surface area contributed by atoms with Gasteiger partial charge in [-0.15, -0.1) is 0 Å². The highest BCUT2D eigenvalue weighted by Crippen LogP contribution is 2.32. The first-order valence-corrected chi connectivity index (χ1v) is 11.2. The molecule has 2 aliphatic rings.